The van der Waals surface area contributed by atoms with E-state index in [4.69, 9.17) is 28.9 Å². The zero-order valence-corrected chi connectivity index (χ0v) is 28.1. The topological polar surface area (TPSA) is 167 Å². The van der Waals surface area contributed by atoms with Crippen molar-refractivity contribution in [2.75, 3.05) is 0 Å². The molecule has 14 heteroatoms. The molecule has 0 fully saturated rings. The minimum atomic E-state index is -4.42. The lowest BCUT2D eigenvalue weighted by Gasteiger charge is -2.28. The Morgan fingerprint density at radius 3 is 1.77 bits per heavy atom. The number of sulfonamides is 2. The number of rotatable bonds is 8. The number of hydrogen-bond donors (Lipinski definition) is 4. The van der Waals surface area contributed by atoms with Crippen LogP contribution in [0.5, 0.6) is 5.75 Å². The fraction of sp³-hybridized carbons (Fsp3) is 0.300. The van der Waals surface area contributed by atoms with E-state index in [0.29, 0.717) is 16.7 Å². The molecule has 0 unspecified atom stereocenters. The van der Waals surface area contributed by atoms with Crippen molar-refractivity contribution in [3.05, 3.63) is 87.4 Å². The SMILES string of the molecule is CC(C)(C)c1cc(CC(=S)NS(=O)(=O)c2cc(C(=O)NS(=O)(=O)c3ccc(C(=O)O)cc3)ccc2Cl)cc(C(C)(C)C)c1O. The van der Waals surface area contributed by atoms with Crippen molar-refractivity contribution >= 4 is 60.7 Å². The molecule has 0 bridgehead atoms. The summed E-state index contributed by atoms with van der Waals surface area (Å²) in [6.45, 7) is 11.7. The number of carboxylic acid groups (broad SMARTS) is 1. The van der Waals surface area contributed by atoms with E-state index in [1.807, 2.05) is 46.3 Å². The molecule has 1 amide bonds. The maximum Gasteiger partial charge on any atom is 0.335 e. The number of halogens is 1. The van der Waals surface area contributed by atoms with Crippen molar-refractivity contribution in [1.82, 2.24) is 9.44 Å². The van der Waals surface area contributed by atoms with E-state index in [0.717, 1.165) is 42.5 Å². The van der Waals surface area contributed by atoms with Gasteiger partial charge in [0.1, 0.15) is 10.6 Å². The third-order valence-corrected chi connectivity index (χ3v) is 10.1. The fourth-order valence-corrected chi connectivity index (χ4v) is 7.21. The predicted molar refractivity (Wildman–Crippen MR) is 172 cm³/mol. The molecule has 0 spiro atoms. The number of carbonyl (C=O) groups excluding carboxylic acids is 1. The number of benzene rings is 3. The smallest absolute Gasteiger partial charge is 0.335 e. The largest absolute Gasteiger partial charge is 0.507 e. The molecule has 4 N–H and O–H groups in total. The summed E-state index contributed by atoms with van der Waals surface area (Å²) in [6.07, 6.45) is 0.0116. The van der Waals surface area contributed by atoms with Gasteiger partial charge in [-0.25, -0.2) is 26.4 Å². The van der Waals surface area contributed by atoms with Crippen LogP contribution in [-0.4, -0.2) is 43.9 Å². The molecule has 3 aromatic carbocycles. The molecule has 0 saturated carbocycles. The first-order valence-corrected chi connectivity index (χ1v) is 16.9. The van der Waals surface area contributed by atoms with E-state index in [2.05, 4.69) is 4.72 Å². The molecule has 3 rings (SSSR count). The summed E-state index contributed by atoms with van der Waals surface area (Å²) in [7, 11) is -8.84. The first-order valence-electron chi connectivity index (χ1n) is 13.2. The third-order valence-electron chi connectivity index (χ3n) is 6.52. The van der Waals surface area contributed by atoms with Gasteiger partial charge in [-0.3, -0.25) is 9.52 Å². The van der Waals surface area contributed by atoms with Crippen LogP contribution >= 0.6 is 23.8 Å². The maximum absolute atomic E-state index is 13.3. The molecule has 0 radical (unpaired) electrons. The Labute approximate surface area is 267 Å². The highest BCUT2D eigenvalue weighted by Crippen LogP contribution is 2.40. The lowest BCUT2D eigenvalue weighted by molar-refractivity contribution is 0.0696. The van der Waals surface area contributed by atoms with E-state index >= 15 is 0 Å². The standard InChI is InChI=1S/C30H33ClN2O8S3/c1-29(2,3)21-13-17(14-22(26(21)34)30(4,5)6)15-25(42)32-44(40,41)24-16-19(9-12-23(24)31)27(35)33-43(38,39)20-10-7-18(8-11-20)28(36)37/h7-14,16,34H,15H2,1-6H3,(H,32,42)(H,33,35)(H,36,37). The quantitative estimate of drug-likeness (QED) is 0.231. The number of phenolic OH excluding ortho intramolecular Hbond substituents is 1. The summed E-state index contributed by atoms with van der Waals surface area (Å²) in [4.78, 5) is 22.9. The molecule has 0 aliphatic heterocycles. The Balaban J connectivity index is 1.86. The van der Waals surface area contributed by atoms with Gasteiger partial charge in [0.25, 0.3) is 26.0 Å². The van der Waals surface area contributed by atoms with Gasteiger partial charge in [0.05, 0.1) is 20.5 Å². The van der Waals surface area contributed by atoms with Crippen LogP contribution in [0.3, 0.4) is 0 Å². The van der Waals surface area contributed by atoms with Crippen LogP contribution in [-0.2, 0) is 37.3 Å². The van der Waals surface area contributed by atoms with Crippen molar-refractivity contribution in [3.63, 3.8) is 0 Å². The number of thiocarbonyl (C=S) groups is 1. The Kier molecular flexibility index (Phi) is 9.91. The Hall–Kier alpha value is -3.52. The molecule has 3 aromatic rings. The Bertz CT molecular complexity index is 1820. The molecule has 44 heavy (non-hydrogen) atoms. The van der Waals surface area contributed by atoms with E-state index in [9.17, 15) is 31.5 Å². The summed E-state index contributed by atoms with van der Waals surface area (Å²) in [6, 6.07) is 10.9. The summed E-state index contributed by atoms with van der Waals surface area (Å²) < 4.78 is 56.1. The summed E-state index contributed by atoms with van der Waals surface area (Å²) >= 11 is 11.5. The van der Waals surface area contributed by atoms with Gasteiger partial charge < -0.3 is 10.2 Å². The van der Waals surface area contributed by atoms with E-state index in [-0.39, 0.29) is 38.2 Å². The van der Waals surface area contributed by atoms with Gasteiger partial charge in [-0.1, -0.05) is 77.5 Å². The summed E-state index contributed by atoms with van der Waals surface area (Å²) in [5.41, 5.74) is 0.736. The van der Waals surface area contributed by atoms with Gasteiger partial charge in [0.15, 0.2) is 0 Å². The third kappa shape index (κ3) is 8.14. The number of amides is 1. The summed E-state index contributed by atoms with van der Waals surface area (Å²) in [5.74, 6) is -2.23. The van der Waals surface area contributed by atoms with Crippen LogP contribution < -0.4 is 9.44 Å². The Morgan fingerprint density at radius 1 is 0.795 bits per heavy atom. The van der Waals surface area contributed by atoms with Crippen molar-refractivity contribution in [2.45, 2.75) is 68.6 Å². The number of nitrogens with one attached hydrogen (secondary N) is 2. The fourth-order valence-electron chi connectivity index (χ4n) is 4.23. The second kappa shape index (κ2) is 12.5. The first-order chi connectivity index (χ1) is 20.0. The molecule has 0 heterocycles. The molecule has 0 aliphatic carbocycles. The highest BCUT2D eigenvalue weighted by molar-refractivity contribution is 7.92. The minimum Gasteiger partial charge on any atom is -0.507 e. The highest BCUT2D eigenvalue weighted by Gasteiger charge is 2.28. The molecule has 236 valence electrons. The van der Waals surface area contributed by atoms with Crippen LogP contribution in [0.25, 0.3) is 0 Å². The molecule has 10 nitrogen and oxygen atoms in total. The second-order valence-corrected chi connectivity index (χ2v) is 16.4. The van der Waals surface area contributed by atoms with Gasteiger partial charge in [-0.15, -0.1) is 0 Å². The normalized spacial score (nSPS) is 12.4. The lowest BCUT2D eigenvalue weighted by Crippen LogP contribution is -2.32. The lowest BCUT2D eigenvalue weighted by atomic mass is 9.78. The molecule has 0 saturated heterocycles. The monoisotopic (exact) mass is 680 g/mol. The molecule has 0 atom stereocenters. The molecular weight excluding hydrogens is 648 g/mol. The van der Waals surface area contributed by atoms with Crippen LogP contribution in [0.15, 0.2) is 64.4 Å². The average molecular weight is 681 g/mol. The van der Waals surface area contributed by atoms with E-state index in [1.165, 1.54) is 0 Å². The van der Waals surface area contributed by atoms with Crippen LogP contribution in [0.4, 0.5) is 0 Å². The number of phenols is 1. The molecule has 0 aliphatic rings. The maximum atomic E-state index is 13.3. The van der Waals surface area contributed by atoms with Crippen LogP contribution in [0, 0.1) is 0 Å². The van der Waals surface area contributed by atoms with Crippen LogP contribution in [0.1, 0.15) is 78.9 Å². The molecule has 0 aromatic heterocycles. The van der Waals surface area contributed by atoms with E-state index < -0.39 is 47.6 Å². The van der Waals surface area contributed by atoms with Crippen molar-refractivity contribution in [3.8, 4) is 5.75 Å². The summed E-state index contributed by atoms with van der Waals surface area (Å²) in [5, 5.41) is 19.7. The minimum absolute atomic E-state index is 0.0116. The zero-order chi connectivity index (χ0) is 33.4. The number of carboxylic acids is 1. The number of carbonyl (C=O) groups is 2. The zero-order valence-electron chi connectivity index (χ0n) is 24.8. The average Bonchev–Trinajstić information content (AvgIpc) is 2.87. The predicted octanol–water partition coefficient (Wildman–Crippen LogP) is 5.31. The van der Waals surface area contributed by atoms with Crippen molar-refractivity contribution in [2.24, 2.45) is 0 Å². The van der Waals surface area contributed by atoms with Crippen molar-refractivity contribution in [1.29, 1.82) is 0 Å². The second-order valence-electron chi connectivity index (χ2n) is 12.2. The Morgan fingerprint density at radius 2 is 1.30 bits per heavy atom. The van der Waals surface area contributed by atoms with Gasteiger partial charge in [0, 0.05) is 12.0 Å². The van der Waals surface area contributed by atoms with Crippen LogP contribution in [0.2, 0.25) is 5.02 Å². The number of aromatic hydroxyl groups is 1. The number of hydrogen-bond acceptors (Lipinski definition) is 8. The van der Waals surface area contributed by atoms with Gasteiger partial charge in [-0.2, -0.15) is 0 Å². The van der Waals surface area contributed by atoms with Gasteiger partial charge >= 0.3 is 5.97 Å². The van der Waals surface area contributed by atoms with E-state index in [1.54, 1.807) is 12.1 Å². The first kappa shape index (κ1) is 35.0. The van der Waals surface area contributed by atoms with Crippen molar-refractivity contribution < 1.29 is 36.6 Å². The number of aromatic carboxylic acids is 1. The van der Waals surface area contributed by atoms with Gasteiger partial charge in [-0.05, 0) is 70.0 Å². The molecular formula is C30H33ClN2O8S3. The highest BCUT2D eigenvalue weighted by atomic mass is 35.5. The van der Waals surface area contributed by atoms with Gasteiger partial charge in [0.2, 0.25) is 0 Å².